The van der Waals surface area contributed by atoms with E-state index in [0.717, 1.165) is 26.9 Å². The minimum absolute atomic E-state index is 0.348. The molecule has 3 aromatic rings. The Labute approximate surface area is 185 Å². The van der Waals surface area contributed by atoms with Gasteiger partial charge in [-0.2, -0.15) is 5.10 Å². The molecule has 0 aromatic heterocycles. The molecule has 1 unspecified atom stereocenters. The fourth-order valence-electron chi connectivity index (χ4n) is 4.22. The lowest BCUT2D eigenvalue weighted by Crippen LogP contribution is -2.43. The number of hydrogen-bond donors (Lipinski definition) is 1. The molecule has 1 atom stereocenters. The second-order valence-electron chi connectivity index (χ2n) is 8.19. The van der Waals surface area contributed by atoms with E-state index in [9.17, 15) is 14.4 Å². The van der Waals surface area contributed by atoms with Gasteiger partial charge in [-0.05, 0) is 34.9 Å². The zero-order chi connectivity index (χ0) is 22.3. The van der Waals surface area contributed by atoms with Gasteiger partial charge >= 0.3 is 6.03 Å². The molecule has 1 saturated heterocycles. The van der Waals surface area contributed by atoms with Crippen molar-refractivity contribution in [3.8, 4) is 0 Å². The topological polar surface area (TPSA) is 82.1 Å². The number of amides is 4. The molecule has 0 bridgehead atoms. The maximum atomic E-state index is 13.2. The molecule has 7 heteroatoms. The van der Waals surface area contributed by atoms with Gasteiger partial charge in [0, 0.05) is 6.42 Å². The molecule has 2 aliphatic rings. The van der Waals surface area contributed by atoms with E-state index in [1.165, 1.54) is 5.01 Å². The van der Waals surface area contributed by atoms with Crippen molar-refractivity contribution in [2.24, 2.45) is 5.10 Å². The first-order valence-electron chi connectivity index (χ1n) is 10.5. The van der Waals surface area contributed by atoms with E-state index in [4.69, 9.17) is 0 Å². The van der Waals surface area contributed by atoms with Gasteiger partial charge in [0.05, 0.1) is 12.3 Å². The third kappa shape index (κ3) is 3.32. The Kier molecular flexibility index (Phi) is 4.74. The Morgan fingerprint density at radius 3 is 2.50 bits per heavy atom. The summed E-state index contributed by atoms with van der Waals surface area (Å²) in [4.78, 5) is 39.7. The van der Waals surface area contributed by atoms with Crippen molar-refractivity contribution in [1.82, 2.24) is 15.2 Å². The molecule has 7 nitrogen and oxygen atoms in total. The molecule has 32 heavy (non-hydrogen) atoms. The van der Waals surface area contributed by atoms with Crippen LogP contribution in [0.15, 0.2) is 77.9 Å². The van der Waals surface area contributed by atoms with Crippen LogP contribution in [0.25, 0.3) is 10.8 Å². The first kappa shape index (κ1) is 19.9. The number of hydrogen-bond acceptors (Lipinski definition) is 4. The number of imide groups is 1. The highest BCUT2D eigenvalue weighted by molar-refractivity contribution is 6.10. The second-order valence-corrected chi connectivity index (χ2v) is 8.19. The molecular weight excluding hydrogens is 404 g/mol. The maximum Gasteiger partial charge on any atom is 0.325 e. The standard InChI is InChI=1S/C25H22N4O3/c1-25(20-12-11-17-7-5-6-10-19(17)15-20)23(31)28(24(32)26-25)16-22(30)29-14-13-21(27-29)18-8-3-2-4-9-18/h2-12,15H,13-14,16H2,1H3,(H,26,32). The van der Waals surface area contributed by atoms with Gasteiger partial charge in [0.25, 0.3) is 11.8 Å². The fraction of sp³-hybridized carbons (Fsp3) is 0.200. The van der Waals surface area contributed by atoms with E-state index in [0.29, 0.717) is 18.5 Å². The van der Waals surface area contributed by atoms with Crippen molar-refractivity contribution < 1.29 is 14.4 Å². The Balaban J connectivity index is 1.35. The molecular formula is C25H22N4O3. The van der Waals surface area contributed by atoms with E-state index in [1.807, 2.05) is 72.8 Å². The third-order valence-corrected chi connectivity index (χ3v) is 6.09. The summed E-state index contributed by atoms with van der Waals surface area (Å²) in [6, 6.07) is 22.5. The van der Waals surface area contributed by atoms with Gasteiger partial charge in [-0.3, -0.25) is 14.5 Å². The number of benzene rings is 3. The highest BCUT2D eigenvalue weighted by Crippen LogP contribution is 2.31. The van der Waals surface area contributed by atoms with Crippen LogP contribution in [0.4, 0.5) is 4.79 Å². The Morgan fingerprint density at radius 2 is 1.72 bits per heavy atom. The van der Waals surface area contributed by atoms with Crippen LogP contribution < -0.4 is 5.32 Å². The lowest BCUT2D eigenvalue weighted by Gasteiger charge is -2.23. The highest BCUT2D eigenvalue weighted by Gasteiger charge is 2.50. The lowest BCUT2D eigenvalue weighted by atomic mass is 9.90. The Hall–Kier alpha value is -4.00. The number of carbonyl (C=O) groups is 3. The number of urea groups is 1. The first-order valence-corrected chi connectivity index (χ1v) is 10.5. The average molecular weight is 426 g/mol. The Morgan fingerprint density at radius 1 is 1.00 bits per heavy atom. The second kappa shape index (κ2) is 7.60. The number of carbonyl (C=O) groups excluding carboxylic acids is 3. The largest absolute Gasteiger partial charge is 0.325 e. The van der Waals surface area contributed by atoms with Crippen LogP contribution in [0.5, 0.6) is 0 Å². The molecule has 0 saturated carbocycles. The van der Waals surface area contributed by atoms with Crippen LogP contribution in [0, 0.1) is 0 Å². The SMILES string of the molecule is CC1(c2ccc3ccccc3c2)NC(=O)N(CC(=O)N2CCC(c3ccccc3)=N2)C1=O. The normalized spacial score (nSPS) is 20.6. The van der Waals surface area contributed by atoms with Gasteiger partial charge in [-0.25, -0.2) is 9.80 Å². The van der Waals surface area contributed by atoms with Crippen LogP contribution in [0.2, 0.25) is 0 Å². The van der Waals surface area contributed by atoms with Gasteiger partial charge in [0.2, 0.25) is 0 Å². The van der Waals surface area contributed by atoms with Crippen LogP contribution in [-0.2, 0) is 15.1 Å². The van der Waals surface area contributed by atoms with Crippen molar-refractivity contribution in [3.63, 3.8) is 0 Å². The van der Waals surface area contributed by atoms with Crippen molar-refractivity contribution in [2.45, 2.75) is 18.9 Å². The first-order chi connectivity index (χ1) is 15.5. The third-order valence-electron chi connectivity index (χ3n) is 6.09. The average Bonchev–Trinajstić information content (AvgIpc) is 3.39. The predicted molar refractivity (Wildman–Crippen MR) is 121 cm³/mol. The quantitative estimate of drug-likeness (QED) is 0.650. The molecule has 0 aliphatic carbocycles. The monoisotopic (exact) mass is 426 g/mol. The van der Waals surface area contributed by atoms with Crippen molar-refractivity contribution in [3.05, 3.63) is 83.9 Å². The highest BCUT2D eigenvalue weighted by atomic mass is 16.2. The van der Waals surface area contributed by atoms with Gasteiger partial charge in [0.15, 0.2) is 0 Å². The summed E-state index contributed by atoms with van der Waals surface area (Å²) in [6.07, 6.45) is 0.630. The lowest BCUT2D eigenvalue weighted by molar-refractivity contribution is -0.138. The van der Waals surface area contributed by atoms with E-state index < -0.39 is 17.5 Å². The summed E-state index contributed by atoms with van der Waals surface area (Å²) >= 11 is 0. The molecule has 2 aliphatic heterocycles. The number of hydrazone groups is 1. The number of nitrogens with zero attached hydrogens (tertiary/aromatic N) is 3. The minimum Gasteiger partial charge on any atom is -0.319 e. The molecule has 0 radical (unpaired) electrons. The zero-order valence-corrected chi connectivity index (χ0v) is 17.6. The van der Waals surface area contributed by atoms with E-state index in [2.05, 4.69) is 10.4 Å². The van der Waals surface area contributed by atoms with Crippen LogP contribution in [-0.4, -0.2) is 46.6 Å². The Bertz CT molecular complexity index is 1270. The molecule has 0 spiro atoms. The molecule has 160 valence electrons. The van der Waals surface area contributed by atoms with Crippen LogP contribution >= 0.6 is 0 Å². The molecule has 1 N–H and O–H groups in total. The molecule has 1 fully saturated rings. The minimum atomic E-state index is -1.23. The predicted octanol–water partition coefficient (Wildman–Crippen LogP) is 3.24. The molecule has 2 heterocycles. The number of rotatable bonds is 4. The van der Waals surface area contributed by atoms with E-state index in [-0.39, 0.29) is 12.5 Å². The van der Waals surface area contributed by atoms with Gasteiger partial charge < -0.3 is 5.32 Å². The van der Waals surface area contributed by atoms with Gasteiger partial charge in [0.1, 0.15) is 12.1 Å². The summed E-state index contributed by atoms with van der Waals surface area (Å²) in [7, 11) is 0. The molecule has 3 aromatic carbocycles. The summed E-state index contributed by atoms with van der Waals surface area (Å²) in [5.74, 6) is -0.834. The van der Waals surface area contributed by atoms with Gasteiger partial charge in [-0.1, -0.05) is 66.7 Å². The zero-order valence-electron chi connectivity index (χ0n) is 17.6. The summed E-state index contributed by atoms with van der Waals surface area (Å²) in [5, 5.41) is 10.5. The van der Waals surface area contributed by atoms with Crippen LogP contribution in [0.3, 0.4) is 0 Å². The van der Waals surface area contributed by atoms with Crippen molar-refractivity contribution >= 4 is 34.3 Å². The van der Waals surface area contributed by atoms with Crippen LogP contribution in [0.1, 0.15) is 24.5 Å². The van der Waals surface area contributed by atoms with Crippen molar-refractivity contribution in [2.75, 3.05) is 13.1 Å². The van der Waals surface area contributed by atoms with Gasteiger partial charge in [-0.15, -0.1) is 0 Å². The fourth-order valence-corrected chi connectivity index (χ4v) is 4.22. The smallest absolute Gasteiger partial charge is 0.319 e. The molecule has 4 amide bonds. The maximum absolute atomic E-state index is 13.2. The summed E-state index contributed by atoms with van der Waals surface area (Å²) in [5.41, 5.74) is 1.22. The summed E-state index contributed by atoms with van der Waals surface area (Å²) in [6.45, 7) is 1.75. The van der Waals surface area contributed by atoms with Crippen molar-refractivity contribution in [1.29, 1.82) is 0 Å². The number of fused-ring (bicyclic) bond motifs is 1. The number of nitrogens with one attached hydrogen (secondary N) is 1. The van der Waals surface area contributed by atoms with E-state index in [1.54, 1.807) is 6.92 Å². The molecule has 5 rings (SSSR count). The summed E-state index contributed by atoms with van der Waals surface area (Å²) < 4.78 is 0. The van der Waals surface area contributed by atoms with E-state index >= 15 is 0 Å².